The Labute approximate surface area is 151 Å². The van der Waals surface area contributed by atoms with Crippen molar-refractivity contribution in [3.05, 3.63) is 35.2 Å². The summed E-state index contributed by atoms with van der Waals surface area (Å²) in [4.78, 5) is 16.2. The molecule has 1 saturated carbocycles. The van der Waals surface area contributed by atoms with Gasteiger partial charge in [-0.25, -0.2) is 0 Å². The summed E-state index contributed by atoms with van der Waals surface area (Å²) in [6.07, 6.45) is 5.04. The molecule has 5 heteroatoms. The van der Waals surface area contributed by atoms with Gasteiger partial charge in [0.25, 0.3) is 5.91 Å². The van der Waals surface area contributed by atoms with Gasteiger partial charge in [0.05, 0.1) is 4.88 Å². The van der Waals surface area contributed by atoms with Crippen LogP contribution in [0.2, 0.25) is 0 Å². The number of hydrogen-bond acceptors (Lipinski definition) is 4. The largest absolute Gasteiger partial charge is 0.349 e. The zero-order valence-corrected chi connectivity index (χ0v) is 15.6. The Bertz CT molecular complexity index is 682. The van der Waals surface area contributed by atoms with E-state index in [-0.39, 0.29) is 11.4 Å². The third-order valence-corrected chi connectivity index (χ3v) is 7.50. The van der Waals surface area contributed by atoms with E-state index >= 15 is 0 Å². The number of carbonyl (C=O) groups is 1. The number of thioether (sulfide) groups is 1. The predicted octanol–water partition coefficient (Wildman–Crippen LogP) is 3.99. The Kier molecular flexibility index (Phi) is 4.83. The van der Waals surface area contributed by atoms with Crippen LogP contribution in [0.1, 0.15) is 35.4 Å². The monoisotopic (exact) mass is 360 g/mol. The molecular weight excluding hydrogens is 336 g/mol. The van der Waals surface area contributed by atoms with Crippen LogP contribution in [-0.2, 0) is 0 Å². The van der Waals surface area contributed by atoms with Crippen molar-refractivity contribution in [3.8, 4) is 0 Å². The van der Waals surface area contributed by atoms with Crippen LogP contribution < -0.4 is 5.32 Å². The van der Waals surface area contributed by atoms with E-state index < -0.39 is 0 Å². The standard InChI is InChI=1S/C19H24N2OS2/c22-18(17-13-15-5-1-2-6-16(15)24-17)20-14-19(7-3-4-8-19)21-9-11-23-12-10-21/h1-2,5-6,13H,3-4,7-12,14H2,(H,20,22). The second kappa shape index (κ2) is 7.06. The molecule has 0 unspecified atom stereocenters. The average molecular weight is 361 g/mol. The van der Waals surface area contributed by atoms with Gasteiger partial charge in [-0.15, -0.1) is 11.3 Å². The molecule has 2 aromatic rings. The highest BCUT2D eigenvalue weighted by Gasteiger charge is 2.40. The van der Waals surface area contributed by atoms with Crippen LogP contribution in [0.4, 0.5) is 0 Å². The maximum atomic E-state index is 12.7. The summed E-state index contributed by atoms with van der Waals surface area (Å²) >= 11 is 3.65. The van der Waals surface area contributed by atoms with E-state index in [0.717, 1.165) is 16.8 Å². The average Bonchev–Trinajstić information content (AvgIpc) is 3.28. The first-order chi connectivity index (χ1) is 11.8. The molecule has 0 bridgehead atoms. The van der Waals surface area contributed by atoms with Crippen LogP contribution in [-0.4, -0.2) is 47.5 Å². The molecule has 1 aromatic heterocycles. The van der Waals surface area contributed by atoms with Gasteiger partial charge in [-0.3, -0.25) is 9.69 Å². The Hall–Kier alpha value is -1.04. The predicted molar refractivity (Wildman–Crippen MR) is 104 cm³/mol. The highest BCUT2D eigenvalue weighted by molar-refractivity contribution is 7.99. The Morgan fingerprint density at radius 2 is 1.92 bits per heavy atom. The molecule has 1 aromatic carbocycles. The molecule has 128 valence electrons. The Morgan fingerprint density at radius 1 is 1.17 bits per heavy atom. The van der Waals surface area contributed by atoms with E-state index in [1.807, 2.05) is 18.2 Å². The van der Waals surface area contributed by atoms with E-state index in [1.54, 1.807) is 11.3 Å². The van der Waals surface area contributed by atoms with Crippen LogP contribution >= 0.6 is 23.1 Å². The van der Waals surface area contributed by atoms with Gasteiger partial charge in [-0.1, -0.05) is 31.0 Å². The van der Waals surface area contributed by atoms with Gasteiger partial charge in [0.2, 0.25) is 0 Å². The van der Waals surface area contributed by atoms with E-state index in [1.165, 1.54) is 55.0 Å². The first-order valence-electron chi connectivity index (χ1n) is 8.86. The summed E-state index contributed by atoms with van der Waals surface area (Å²) in [5.74, 6) is 2.55. The second-order valence-electron chi connectivity index (χ2n) is 6.86. The molecule has 3 nitrogen and oxygen atoms in total. The smallest absolute Gasteiger partial charge is 0.261 e. The fraction of sp³-hybridized carbons (Fsp3) is 0.526. The Morgan fingerprint density at radius 3 is 2.67 bits per heavy atom. The van der Waals surface area contributed by atoms with Gasteiger partial charge in [0.15, 0.2) is 0 Å². The van der Waals surface area contributed by atoms with Crippen LogP contribution in [0.3, 0.4) is 0 Å². The molecule has 2 fully saturated rings. The lowest BCUT2D eigenvalue weighted by Crippen LogP contribution is -2.56. The van der Waals surface area contributed by atoms with Gasteiger partial charge in [-0.05, 0) is 30.4 Å². The second-order valence-corrected chi connectivity index (χ2v) is 9.17. The zero-order chi connectivity index (χ0) is 16.4. The molecule has 0 radical (unpaired) electrons. The minimum Gasteiger partial charge on any atom is -0.349 e. The first kappa shape index (κ1) is 16.4. The van der Waals surface area contributed by atoms with E-state index in [0.29, 0.717) is 0 Å². The number of hydrogen-bond donors (Lipinski definition) is 1. The van der Waals surface area contributed by atoms with Crippen LogP contribution in [0, 0.1) is 0 Å². The number of fused-ring (bicyclic) bond motifs is 1. The van der Waals surface area contributed by atoms with Gasteiger partial charge in [-0.2, -0.15) is 11.8 Å². The van der Waals surface area contributed by atoms with Crippen molar-refractivity contribution in [2.45, 2.75) is 31.2 Å². The summed E-state index contributed by atoms with van der Waals surface area (Å²) < 4.78 is 1.19. The highest BCUT2D eigenvalue weighted by atomic mass is 32.2. The fourth-order valence-electron chi connectivity index (χ4n) is 4.10. The van der Waals surface area contributed by atoms with Crippen LogP contribution in [0.25, 0.3) is 10.1 Å². The summed E-state index contributed by atoms with van der Waals surface area (Å²) in [7, 11) is 0. The summed E-state index contributed by atoms with van der Waals surface area (Å²) in [6.45, 7) is 3.14. The highest BCUT2D eigenvalue weighted by Crippen LogP contribution is 2.36. The van der Waals surface area contributed by atoms with Crippen molar-refractivity contribution < 1.29 is 4.79 Å². The minimum absolute atomic E-state index is 0.0915. The van der Waals surface area contributed by atoms with Crippen molar-refractivity contribution in [1.82, 2.24) is 10.2 Å². The molecule has 0 spiro atoms. The van der Waals surface area contributed by atoms with Crippen molar-refractivity contribution in [2.75, 3.05) is 31.1 Å². The lowest BCUT2D eigenvalue weighted by molar-refractivity contribution is 0.0820. The molecule has 1 aliphatic carbocycles. The summed E-state index contributed by atoms with van der Waals surface area (Å²) in [5.41, 5.74) is 0.202. The Balaban J connectivity index is 1.46. The molecule has 24 heavy (non-hydrogen) atoms. The van der Waals surface area contributed by atoms with Crippen LogP contribution in [0.15, 0.2) is 30.3 Å². The van der Waals surface area contributed by atoms with E-state index in [2.05, 4.69) is 34.1 Å². The van der Waals surface area contributed by atoms with Crippen molar-refractivity contribution in [2.24, 2.45) is 0 Å². The van der Waals surface area contributed by atoms with Gasteiger partial charge in [0, 0.05) is 41.4 Å². The molecule has 1 N–H and O–H groups in total. The topological polar surface area (TPSA) is 32.3 Å². The third-order valence-electron chi connectivity index (χ3n) is 5.44. The maximum Gasteiger partial charge on any atom is 0.261 e. The lowest BCUT2D eigenvalue weighted by Gasteiger charge is -2.43. The molecule has 0 atom stereocenters. The van der Waals surface area contributed by atoms with E-state index in [4.69, 9.17) is 0 Å². The van der Waals surface area contributed by atoms with Crippen molar-refractivity contribution >= 4 is 39.1 Å². The number of nitrogens with zero attached hydrogens (tertiary/aromatic N) is 1. The SMILES string of the molecule is O=C(NCC1(N2CCSCC2)CCCC1)c1cc2ccccc2s1. The lowest BCUT2D eigenvalue weighted by atomic mass is 9.94. The number of amides is 1. The van der Waals surface area contributed by atoms with Crippen molar-refractivity contribution in [3.63, 3.8) is 0 Å². The first-order valence-corrected chi connectivity index (χ1v) is 10.8. The minimum atomic E-state index is 0.0915. The summed E-state index contributed by atoms with van der Waals surface area (Å²) in [5, 5.41) is 4.43. The molecular formula is C19H24N2OS2. The zero-order valence-electron chi connectivity index (χ0n) is 13.9. The van der Waals surface area contributed by atoms with E-state index in [9.17, 15) is 4.79 Å². The molecule has 4 rings (SSSR count). The van der Waals surface area contributed by atoms with Gasteiger partial charge in [0.1, 0.15) is 0 Å². The molecule has 2 heterocycles. The van der Waals surface area contributed by atoms with Gasteiger partial charge >= 0.3 is 0 Å². The molecule has 2 aliphatic rings. The maximum absolute atomic E-state index is 12.7. The molecule has 1 saturated heterocycles. The normalized spacial score (nSPS) is 21.2. The number of thiophene rings is 1. The number of benzene rings is 1. The fourth-order valence-corrected chi connectivity index (χ4v) is 5.98. The van der Waals surface area contributed by atoms with Crippen LogP contribution in [0.5, 0.6) is 0 Å². The third kappa shape index (κ3) is 3.22. The quantitative estimate of drug-likeness (QED) is 0.895. The van der Waals surface area contributed by atoms with Gasteiger partial charge < -0.3 is 5.32 Å². The number of nitrogens with one attached hydrogen (secondary N) is 1. The number of rotatable bonds is 4. The van der Waals surface area contributed by atoms with Crippen molar-refractivity contribution in [1.29, 1.82) is 0 Å². The molecule has 1 aliphatic heterocycles. The number of carbonyl (C=O) groups excluding carboxylic acids is 1. The molecule has 1 amide bonds. The summed E-state index contributed by atoms with van der Waals surface area (Å²) in [6, 6.07) is 10.2.